The minimum Gasteiger partial charge on any atom is -0.341 e. The van der Waals surface area contributed by atoms with Crippen LogP contribution in [0.4, 0.5) is 0 Å². The summed E-state index contributed by atoms with van der Waals surface area (Å²) in [6.45, 7) is 3.66. The Morgan fingerprint density at radius 3 is 2.63 bits per heavy atom. The lowest BCUT2D eigenvalue weighted by Crippen LogP contribution is -2.45. The van der Waals surface area contributed by atoms with Gasteiger partial charge >= 0.3 is 0 Å². The molecule has 0 aliphatic carbocycles. The maximum Gasteiger partial charge on any atom is 0.265 e. The van der Waals surface area contributed by atoms with E-state index in [-0.39, 0.29) is 11.8 Å². The lowest BCUT2D eigenvalue weighted by Gasteiger charge is -2.29. The molecule has 1 N–H and O–H groups in total. The standard InChI is InChI=1S/C13H14ClN3OS/c1-9-11(19-17-16-9)12(18)15-13(2,8-14)10-6-4-3-5-7-10/h3-7H,8H2,1-2H3,(H,15,18). The number of nitrogens with zero attached hydrogens (tertiary/aromatic N) is 2. The first kappa shape index (κ1) is 14.0. The topological polar surface area (TPSA) is 54.9 Å². The molecular formula is C13H14ClN3OS. The first-order valence-electron chi connectivity index (χ1n) is 5.80. The van der Waals surface area contributed by atoms with Gasteiger partial charge < -0.3 is 5.32 Å². The number of hydrogen-bond acceptors (Lipinski definition) is 4. The highest BCUT2D eigenvalue weighted by Crippen LogP contribution is 2.23. The highest BCUT2D eigenvalue weighted by atomic mass is 35.5. The molecule has 0 aliphatic rings. The third-order valence-corrected chi connectivity index (χ3v) is 4.29. The van der Waals surface area contributed by atoms with Gasteiger partial charge in [-0.05, 0) is 30.9 Å². The van der Waals surface area contributed by atoms with Crippen molar-refractivity contribution in [3.8, 4) is 0 Å². The molecule has 0 bridgehead atoms. The quantitative estimate of drug-likeness (QED) is 0.883. The van der Waals surface area contributed by atoms with E-state index in [1.54, 1.807) is 6.92 Å². The number of carbonyl (C=O) groups excluding carboxylic acids is 1. The fraction of sp³-hybridized carbons (Fsp3) is 0.308. The van der Waals surface area contributed by atoms with Crippen LogP contribution < -0.4 is 5.32 Å². The van der Waals surface area contributed by atoms with Crippen molar-refractivity contribution < 1.29 is 4.79 Å². The zero-order chi connectivity index (χ0) is 13.9. The molecule has 100 valence electrons. The van der Waals surface area contributed by atoms with Crippen LogP contribution >= 0.6 is 23.1 Å². The van der Waals surface area contributed by atoms with Crippen LogP contribution in [0.15, 0.2) is 30.3 Å². The van der Waals surface area contributed by atoms with E-state index in [2.05, 4.69) is 14.9 Å². The van der Waals surface area contributed by atoms with E-state index < -0.39 is 5.54 Å². The molecule has 6 heteroatoms. The van der Waals surface area contributed by atoms with Crippen molar-refractivity contribution in [1.82, 2.24) is 14.9 Å². The maximum atomic E-state index is 12.2. The minimum absolute atomic E-state index is 0.195. The smallest absolute Gasteiger partial charge is 0.265 e. The van der Waals surface area contributed by atoms with Crippen molar-refractivity contribution in [1.29, 1.82) is 0 Å². The van der Waals surface area contributed by atoms with Gasteiger partial charge in [-0.2, -0.15) is 0 Å². The number of carbonyl (C=O) groups is 1. The summed E-state index contributed by atoms with van der Waals surface area (Å²) < 4.78 is 3.77. The van der Waals surface area contributed by atoms with Gasteiger partial charge in [0, 0.05) is 5.88 Å². The van der Waals surface area contributed by atoms with E-state index in [1.807, 2.05) is 37.3 Å². The number of amides is 1. The Labute approximate surface area is 121 Å². The van der Waals surface area contributed by atoms with Crippen LogP contribution in [0.2, 0.25) is 0 Å². The Morgan fingerprint density at radius 2 is 2.11 bits per heavy atom. The summed E-state index contributed by atoms with van der Waals surface area (Å²) >= 11 is 7.13. The molecule has 2 rings (SSSR count). The number of aromatic nitrogens is 2. The number of nitrogens with one attached hydrogen (secondary N) is 1. The van der Waals surface area contributed by atoms with E-state index in [0.717, 1.165) is 17.1 Å². The number of hydrogen-bond donors (Lipinski definition) is 1. The Kier molecular flexibility index (Phi) is 4.17. The van der Waals surface area contributed by atoms with Crippen molar-refractivity contribution in [2.75, 3.05) is 5.88 Å². The number of benzene rings is 1. The second kappa shape index (κ2) is 5.67. The molecule has 1 aromatic carbocycles. The molecule has 0 spiro atoms. The predicted molar refractivity (Wildman–Crippen MR) is 76.6 cm³/mol. The molecule has 1 unspecified atom stereocenters. The van der Waals surface area contributed by atoms with Gasteiger partial charge in [-0.25, -0.2) is 0 Å². The molecule has 0 radical (unpaired) electrons. The largest absolute Gasteiger partial charge is 0.341 e. The van der Waals surface area contributed by atoms with Gasteiger partial charge in [-0.3, -0.25) is 4.79 Å². The average molecular weight is 296 g/mol. The van der Waals surface area contributed by atoms with Gasteiger partial charge in [0.05, 0.1) is 11.2 Å². The third kappa shape index (κ3) is 2.93. The van der Waals surface area contributed by atoms with Gasteiger partial charge in [0.15, 0.2) is 0 Å². The Hall–Kier alpha value is -1.46. The Balaban J connectivity index is 2.25. The molecule has 0 saturated carbocycles. The van der Waals surface area contributed by atoms with Crippen LogP contribution in [0, 0.1) is 6.92 Å². The van der Waals surface area contributed by atoms with Gasteiger partial charge in [0.25, 0.3) is 5.91 Å². The predicted octanol–water partition coefficient (Wildman–Crippen LogP) is 2.73. The zero-order valence-electron chi connectivity index (χ0n) is 10.7. The van der Waals surface area contributed by atoms with Crippen LogP contribution in [0.1, 0.15) is 27.9 Å². The number of aryl methyl sites for hydroxylation is 1. The second-order valence-corrected chi connectivity index (χ2v) is 5.49. The normalized spacial score (nSPS) is 13.8. The van der Waals surface area contributed by atoms with Crippen LogP contribution in [-0.2, 0) is 5.54 Å². The van der Waals surface area contributed by atoms with Crippen molar-refractivity contribution in [2.24, 2.45) is 0 Å². The second-order valence-electron chi connectivity index (χ2n) is 4.47. The SMILES string of the molecule is Cc1nnsc1C(=O)NC(C)(CCl)c1ccccc1. The van der Waals surface area contributed by atoms with E-state index in [9.17, 15) is 4.79 Å². The van der Waals surface area contributed by atoms with Crippen molar-refractivity contribution in [3.63, 3.8) is 0 Å². The monoisotopic (exact) mass is 295 g/mol. The number of rotatable bonds is 4. The molecule has 1 heterocycles. The molecule has 1 aromatic heterocycles. The average Bonchev–Trinajstić information content (AvgIpc) is 2.86. The fourth-order valence-electron chi connectivity index (χ4n) is 1.74. The summed E-state index contributed by atoms with van der Waals surface area (Å²) in [5.74, 6) is 0.0908. The summed E-state index contributed by atoms with van der Waals surface area (Å²) in [6, 6.07) is 9.66. The summed E-state index contributed by atoms with van der Waals surface area (Å²) in [7, 11) is 0. The molecule has 0 saturated heterocycles. The summed E-state index contributed by atoms with van der Waals surface area (Å²) in [6.07, 6.45) is 0. The fourth-order valence-corrected chi connectivity index (χ4v) is 2.51. The van der Waals surface area contributed by atoms with E-state index >= 15 is 0 Å². The molecule has 1 atom stereocenters. The van der Waals surface area contributed by atoms with Crippen LogP contribution in [-0.4, -0.2) is 21.4 Å². The van der Waals surface area contributed by atoms with Crippen LogP contribution in [0.25, 0.3) is 0 Å². The lowest BCUT2D eigenvalue weighted by molar-refractivity contribution is 0.0916. The van der Waals surface area contributed by atoms with Gasteiger partial charge in [-0.15, -0.1) is 16.7 Å². The van der Waals surface area contributed by atoms with Crippen molar-refractivity contribution in [2.45, 2.75) is 19.4 Å². The molecule has 19 heavy (non-hydrogen) atoms. The van der Waals surface area contributed by atoms with E-state index in [4.69, 9.17) is 11.6 Å². The van der Waals surface area contributed by atoms with Gasteiger partial charge in [0.1, 0.15) is 4.88 Å². The lowest BCUT2D eigenvalue weighted by atomic mass is 9.94. The summed E-state index contributed by atoms with van der Waals surface area (Å²) in [4.78, 5) is 12.8. The molecule has 0 aliphatic heterocycles. The van der Waals surface area contributed by atoms with Crippen LogP contribution in [0.3, 0.4) is 0 Å². The molecule has 0 fully saturated rings. The van der Waals surface area contributed by atoms with Crippen molar-refractivity contribution >= 4 is 29.0 Å². The Bertz CT molecular complexity index is 572. The first-order chi connectivity index (χ1) is 9.07. The first-order valence-corrected chi connectivity index (χ1v) is 7.10. The van der Waals surface area contributed by atoms with Gasteiger partial charge in [-0.1, -0.05) is 34.8 Å². The summed E-state index contributed by atoms with van der Waals surface area (Å²) in [5, 5.41) is 6.80. The highest BCUT2D eigenvalue weighted by molar-refractivity contribution is 7.08. The molecule has 4 nitrogen and oxygen atoms in total. The highest BCUT2D eigenvalue weighted by Gasteiger charge is 2.29. The number of halogens is 1. The van der Waals surface area contributed by atoms with Crippen LogP contribution in [0.5, 0.6) is 0 Å². The summed E-state index contributed by atoms with van der Waals surface area (Å²) in [5.41, 5.74) is 0.983. The molecule has 2 aromatic rings. The maximum absolute atomic E-state index is 12.2. The van der Waals surface area contributed by atoms with E-state index in [1.165, 1.54) is 0 Å². The minimum atomic E-state index is -0.615. The molecule has 1 amide bonds. The number of alkyl halides is 1. The zero-order valence-corrected chi connectivity index (χ0v) is 12.3. The Morgan fingerprint density at radius 1 is 1.42 bits per heavy atom. The van der Waals surface area contributed by atoms with Crippen molar-refractivity contribution in [3.05, 3.63) is 46.5 Å². The molecular weight excluding hydrogens is 282 g/mol. The van der Waals surface area contributed by atoms with Gasteiger partial charge in [0.2, 0.25) is 0 Å². The van der Waals surface area contributed by atoms with E-state index in [0.29, 0.717) is 10.6 Å². The third-order valence-electron chi connectivity index (χ3n) is 2.93.